The van der Waals surface area contributed by atoms with Crippen LogP contribution in [0.15, 0.2) is 59.0 Å². The van der Waals surface area contributed by atoms with Gasteiger partial charge in [-0.15, -0.1) is 0 Å². The highest BCUT2D eigenvalue weighted by Gasteiger charge is 2.20. The first-order chi connectivity index (χ1) is 12.1. The second kappa shape index (κ2) is 7.20. The van der Waals surface area contributed by atoms with Gasteiger partial charge in [0.1, 0.15) is 11.3 Å². The Labute approximate surface area is 146 Å². The number of hydrogen-bond donors (Lipinski definition) is 1. The van der Waals surface area contributed by atoms with Crippen LogP contribution in [0.1, 0.15) is 27.7 Å². The first-order valence-corrected chi connectivity index (χ1v) is 8.02. The Kier molecular flexibility index (Phi) is 4.82. The zero-order valence-electron chi connectivity index (χ0n) is 14.2. The summed E-state index contributed by atoms with van der Waals surface area (Å²) in [5.74, 6) is 0.595. The smallest absolute Gasteiger partial charge is 0.251 e. The maximum atomic E-state index is 12.4. The van der Waals surface area contributed by atoms with Crippen LogP contribution in [0.3, 0.4) is 0 Å². The maximum absolute atomic E-state index is 12.4. The fourth-order valence-electron chi connectivity index (χ4n) is 2.73. The van der Waals surface area contributed by atoms with Crippen molar-refractivity contribution in [3.8, 4) is 6.07 Å². The normalized spacial score (nSPS) is 12.1. The van der Waals surface area contributed by atoms with E-state index in [9.17, 15) is 4.79 Å². The lowest BCUT2D eigenvalue weighted by Gasteiger charge is -2.22. The second-order valence-corrected chi connectivity index (χ2v) is 6.07. The number of benzene rings is 2. The van der Waals surface area contributed by atoms with Gasteiger partial charge in [0, 0.05) is 17.5 Å². The van der Waals surface area contributed by atoms with Crippen LogP contribution >= 0.6 is 0 Å². The lowest BCUT2D eigenvalue weighted by atomic mass is 10.1. The summed E-state index contributed by atoms with van der Waals surface area (Å²) in [6.07, 6.45) is 0. The molecular formula is C20H19N3O2. The van der Waals surface area contributed by atoms with Crippen LogP contribution in [0.2, 0.25) is 0 Å². The van der Waals surface area contributed by atoms with E-state index in [4.69, 9.17) is 9.68 Å². The average molecular weight is 333 g/mol. The van der Waals surface area contributed by atoms with Crippen LogP contribution in [-0.4, -0.2) is 31.4 Å². The van der Waals surface area contributed by atoms with Crippen molar-refractivity contribution in [3.63, 3.8) is 0 Å². The number of rotatable bonds is 5. The predicted molar refractivity (Wildman–Crippen MR) is 96.1 cm³/mol. The molecule has 0 unspecified atom stereocenters. The van der Waals surface area contributed by atoms with Gasteiger partial charge in [0.2, 0.25) is 0 Å². The summed E-state index contributed by atoms with van der Waals surface area (Å²) in [4.78, 5) is 14.4. The third-order valence-electron chi connectivity index (χ3n) is 4.11. The van der Waals surface area contributed by atoms with E-state index in [2.05, 4.69) is 5.32 Å². The molecule has 0 radical (unpaired) electrons. The van der Waals surface area contributed by atoms with Crippen LogP contribution in [0.4, 0.5) is 0 Å². The molecule has 3 aromatic rings. The van der Waals surface area contributed by atoms with Gasteiger partial charge in [-0.2, -0.15) is 5.26 Å². The number of amides is 1. The minimum atomic E-state index is -0.208. The van der Waals surface area contributed by atoms with E-state index in [1.165, 1.54) is 0 Å². The molecular weight excluding hydrogens is 314 g/mol. The first kappa shape index (κ1) is 16.7. The third kappa shape index (κ3) is 3.70. The summed E-state index contributed by atoms with van der Waals surface area (Å²) >= 11 is 0. The zero-order chi connectivity index (χ0) is 17.8. The molecule has 5 heteroatoms. The molecule has 0 spiro atoms. The largest absolute Gasteiger partial charge is 0.459 e. The minimum Gasteiger partial charge on any atom is -0.459 e. The molecule has 0 fully saturated rings. The molecule has 5 nitrogen and oxygen atoms in total. The molecule has 1 atom stereocenters. The Balaban J connectivity index is 1.76. The fourth-order valence-corrected chi connectivity index (χ4v) is 2.73. The van der Waals surface area contributed by atoms with E-state index < -0.39 is 0 Å². The highest BCUT2D eigenvalue weighted by molar-refractivity contribution is 5.94. The van der Waals surface area contributed by atoms with Crippen LogP contribution in [0.25, 0.3) is 11.0 Å². The standard InChI is InChI=1S/C20H19N3O2/c1-23(2)17(19-11-15-7-3-4-9-18(15)25-19)13-22-20(24)16-8-5-6-14(10-16)12-21/h3-11,17H,13H2,1-2H3,(H,22,24)/t17-/m1/s1. The molecule has 1 N–H and O–H groups in total. The van der Waals surface area contributed by atoms with E-state index in [-0.39, 0.29) is 11.9 Å². The zero-order valence-corrected chi connectivity index (χ0v) is 14.2. The van der Waals surface area contributed by atoms with Crippen LogP contribution < -0.4 is 5.32 Å². The summed E-state index contributed by atoms with van der Waals surface area (Å²) in [6.45, 7) is 0.405. The average Bonchev–Trinajstić information content (AvgIpc) is 3.05. The van der Waals surface area contributed by atoms with Crippen molar-refractivity contribution in [1.29, 1.82) is 5.26 Å². The number of likely N-dealkylation sites (N-methyl/N-ethyl adjacent to an activating group) is 1. The molecule has 0 bridgehead atoms. The number of carbonyl (C=O) groups is 1. The monoisotopic (exact) mass is 333 g/mol. The summed E-state index contributed by atoms with van der Waals surface area (Å²) < 4.78 is 5.93. The van der Waals surface area contributed by atoms with Gasteiger partial charge in [0.15, 0.2) is 0 Å². The number of hydrogen-bond acceptors (Lipinski definition) is 4. The number of fused-ring (bicyclic) bond motifs is 1. The molecule has 0 aliphatic rings. The van der Waals surface area contributed by atoms with Gasteiger partial charge < -0.3 is 9.73 Å². The Hall–Kier alpha value is -3.10. The topological polar surface area (TPSA) is 69.3 Å². The van der Waals surface area contributed by atoms with Crippen molar-refractivity contribution in [2.45, 2.75) is 6.04 Å². The van der Waals surface area contributed by atoms with Gasteiger partial charge in [-0.25, -0.2) is 0 Å². The molecule has 0 aliphatic heterocycles. The van der Waals surface area contributed by atoms with Crippen molar-refractivity contribution in [2.75, 3.05) is 20.6 Å². The van der Waals surface area contributed by atoms with E-state index in [0.717, 1.165) is 16.7 Å². The summed E-state index contributed by atoms with van der Waals surface area (Å²) in [6, 6.07) is 18.5. The molecule has 2 aromatic carbocycles. The molecule has 1 aromatic heterocycles. The number of carbonyl (C=O) groups excluding carboxylic acids is 1. The van der Waals surface area contributed by atoms with Crippen molar-refractivity contribution in [1.82, 2.24) is 10.2 Å². The van der Waals surface area contributed by atoms with Crippen LogP contribution in [0, 0.1) is 11.3 Å². The molecule has 1 heterocycles. The third-order valence-corrected chi connectivity index (χ3v) is 4.11. The van der Waals surface area contributed by atoms with Crippen molar-refractivity contribution >= 4 is 16.9 Å². The van der Waals surface area contributed by atoms with Crippen molar-refractivity contribution < 1.29 is 9.21 Å². The quantitative estimate of drug-likeness (QED) is 0.777. The van der Waals surface area contributed by atoms with Gasteiger partial charge in [0.05, 0.1) is 17.7 Å². The van der Waals surface area contributed by atoms with Crippen molar-refractivity contribution in [3.05, 3.63) is 71.5 Å². The highest BCUT2D eigenvalue weighted by Crippen LogP contribution is 2.26. The maximum Gasteiger partial charge on any atom is 0.251 e. The lowest BCUT2D eigenvalue weighted by Crippen LogP contribution is -2.34. The summed E-state index contributed by atoms with van der Waals surface area (Å²) in [5.41, 5.74) is 1.77. The van der Waals surface area contributed by atoms with Gasteiger partial charge >= 0.3 is 0 Å². The van der Waals surface area contributed by atoms with E-state index in [0.29, 0.717) is 17.7 Å². The Morgan fingerprint density at radius 1 is 1.20 bits per heavy atom. The Morgan fingerprint density at radius 2 is 2.00 bits per heavy atom. The molecule has 0 saturated heterocycles. The minimum absolute atomic E-state index is 0.0875. The predicted octanol–water partition coefficient (Wildman–Crippen LogP) is 3.34. The van der Waals surface area contributed by atoms with Crippen molar-refractivity contribution in [2.24, 2.45) is 0 Å². The van der Waals surface area contributed by atoms with Gasteiger partial charge in [-0.05, 0) is 44.4 Å². The van der Waals surface area contributed by atoms with Gasteiger partial charge in [0.25, 0.3) is 5.91 Å². The number of nitrogens with zero attached hydrogens (tertiary/aromatic N) is 2. The number of nitrogens with one attached hydrogen (secondary N) is 1. The van der Waals surface area contributed by atoms with E-state index >= 15 is 0 Å². The summed E-state index contributed by atoms with van der Waals surface area (Å²) in [5, 5.41) is 12.9. The Morgan fingerprint density at radius 3 is 2.72 bits per heavy atom. The number of nitriles is 1. The summed E-state index contributed by atoms with van der Waals surface area (Å²) in [7, 11) is 3.89. The highest BCUT2D eigenvalue weighted by atomic mass is 16.3. The molecule has 3 rings (SSSR count). The van der Waals surface area contributed by atoms with Crippen LogP contribution in [-0.2, 0) is 0 Å². The van der Waals surface area contributed by atoms with Crippen LogP contribution in [0.5, 0.6) is 0 Å². The van der Waals surface area contributed by atoms with Gasteiger partial charge in [-0.1, -0.05) is 24.3 Å². The molecule has 25 heavy (non-hydrogen) atoms. The molecule has 0 aliphatic carbocycles. The van der Waals surface area contributed by atoms with Gasteiger partial charge in [-0.3, -0.25) is 9.69 Å². The SMILES string of the molecule is CN(C)[C@H](CNC(=O)c1cccc(C#N)c1)c1cc2ccccc2o1. The molecule has 126 valence electrons. The first-order valence-electron chi connectivity index (χ1n) is 8.02. The number of furan rings is 1. The number of para-hydroxylation sites is 1. The molecule has 0 saturated carbocycles. The fraction of sp³-hybridized carbons (Fsp3) is 0.200. The van der Waals surface area contributed by atoms with E-state index in [1.807, 2.05) is 55.4 Å². The second-order valence-electron chi connectivity index (χ2n) is 6.07. The van der Waals surface area contributed by atoms with E-state index in [1.54, 1.807) is 24.3 Å². The molecule has 1 amide bonds. The Bertz CT molecular complexity index is 904. The lowest BCUT2D eigenvalue weighted by molar-refractivity contribution is 0.0939.